The third-order valence-corrected chi connectivity index (χ3v) is 4.94. The van der Waals surface area contributed by atoms with Gasteiger partial charge in [0.25, 0.3) is 11.2 Å². The van der Waals surface area contributed by atoms with Crippen LogP contribution < -0.4 is 5.32 Å². The minimum absolute atomic E-state index is 0.192. The fourth-order valence-electron chi connectivity index (χ4n) is 1.84. The lowest BCUT2D eigenvalue weighted by Crippen LogP contribution is -2.35. The minimum atomic E-state index is -3.99. The average molecular weight is 257 g/mol. The van der Waals surface area contributed by atoms with Gasteiger partial charge in [-0.25, -0.2) is 0 Å². The maximum atomic E-state index is 12.3. The van der Waals surface area contributed by atoms with E-state index in [1.807, 2.05) is 0 Å². The minimum Gasteiger partial charge on any atom is -0.366 e. The third-order valence-electron chi connectivity index (χ3n) is 2.74. The molecule has 0 radical (unpaired) electrons. The molecule has 6 nitrogen and oxygen atoms in total. The van der Waals surface area contributed by atoms with Gasteiger partial charge in [-0.2, -0.15) is 0 Å². The van der Waals surface area contributed by atoms with E-state index in [9.17, 15) is 14.5 Å². The van der Waals surface area contributed by atoms with Gasteiger partial charge < -0.3 is 19.5 Å². The highest BCUT2D eigenvalue weighted by atomic mass is 31.2. The Bertz CT molecular complexity index is 509. The van der Waals surface area contributed by atoms with Crippen LogP contribution in [0.4, 0.5) is 5.69 Å². The Morgan fingerprint density at radius 3 is 2.47 bits per heavy atom. The number of rotatable bonds is 3. The van der Waals surface area contributed by atoms with Gasteiger partial charge in [-0.1, -0.05) is 18.2 Å². The van der Waals surface area contributed by atoms with Crippen LogP contribution in [-0.2, 0) is 23.7 Å². The predicted molar refractivity (Wildman–Crippen MR) is 60.6 cm³/mol. The van der Waals surface area contributed by atoms with Crippen LogP contribution in [0, 0.1) is 0 Å². The Balaban J connectivity index is 2.66. The zero-order chi connectivity index (χ0) is 12.7. The van der Waals surface area contributed by atoms with Crippen LogP contribution in [0.5, 0.6) is 0 Å². The monoisotopic (exact) mass is 257 g/mol. The van der Waals surface area contributed by atoms with Crippen LogP contribution in [-0.4, -0.2) is 25.2 Å². The van der Waals surface area contributed by atoms with Crippen molar-refractivity contribution >= 4 is 19.2 Å². The molecule has 0 bridgehead atoms. The van der Waals surface area contributed by atoms with Crippen molar-refractivity contribution in [2.75, 3.05) is 19.5 Å². The molecule has 92 valence electrons. The Morgan fingerprint density at radius 1 is 1.29 bits per heavy atom. The number of hydrogen-bond acceptors (Lipinski definition) is 5. The number of anilines is 1. The van der Waals surface area contributed by atoms with Gasteiger partial charge in [-0.05, 0) is 6.07 Å². The normalized spacial score (nSPS) is 23.4. The van der Waals surface area contributed by atoms with Crippen molar-refractivity contribution in [1.82, 2.24) is 0 Å². The van der Waals surface area contributed by atoms with E-state index in [0.29, 0.717) is 5.69 Å². The number of benzene rings is 1. The van der Waals surface area contributed by atoms with Gasteiger partial charge in [0, 0.05) is 25.5 Å². The first-order valence-electron chi connectivity index (χ1n) is 4.84. The lowest BCUT2D eigenvalue weighted by Gasteiger charge is -2.27. The van der Waals surface area contributed by atoms with Crippen LogP contribution in [0.15, 0.2) is 24.3 Å². The molecule has 0 spiro atoms. The quantitative estimate of drug-likeness (QED) is 0.796. The van der Waals surface area contributed by atoms with Gasteiger partial charge in [0.15, 0.2) is 0 Å². The van der Waals surface area contributed by atoms with Crippen molar-refractivity contribution in [2.45, 2.75) is 5.34 Å². The summed E-state index contributed by atoms with van der Waals surface area (Å²) in [6.07, 6.45) is 0. The molecule has 1 aliphatic heterocycles. The maximum Gasteiger partial charge on any atom is 0.376 e. The lowest BCUT2D eigenvalue weighted by atomic mass is 10.1. The molecule has 0 aromatic heterocycles. The van der Waals surface area contributed by atoms with Gasteiger partial charge in [-0.3, -0.25) is 9.36 Å². The summed E-state index contributed by atoms with van der Waals surface area (Å²) in [5.74, 6) is -0.814. The summed E-state index contributed by atoms with van der Waals surface area (Å²) in [5, 5.41) is 10.5. The molecule has 2 N–H and O–H groups in total. The lowest BCUT2D eigenvalue weighted by molar-refractivity contribution is -0.127. The summed E-state index contributed by atoms with van der Waals surface area (Å²) < 4.78 is 21.7. The molecule has 1 aliphatic rings. The van der Waals surface area contributed by atoms with Gasteiger partial charge in [0.2, 0.25) is 0 Å². The fourth-order valence-corrected chi connectivity index (χ4v) is 3.31. The first-order chi connectivity index (χ1) is 7.99. The number of carbonyl (C=O) groups excluding carboxylic acids is 1. The SMILES string of the molecule is COP(=O)(OC)[C@]1(O)C(=O)Nc2ccccc21. The predicted octanol–water partition coefficient (Wildman–Crippen LogP) is 1.27. The molecule has 2 rings (SSSR count). The first-order valence-corrected chi connectivity index (χ1v) is 6.39. The summed E-state index contributed by atoms with van der Waals surface area (Å²) in [6.45, 7) is 0. The zero-order valence-corrected chi connectivity index (χ0v) is 10.2. The van der Waals surface area contributed by atoms with E-state index in [4.69, 9.17) is 9.05 Å². The molecule has 1 atom stereocenters. The molecule has 0 saturated carbocycles. The largest absolute Gasteiger partial charge is 0.376 e. The van der Waals surface area contributed by atoms with E-state index in [1.54, 1.807) is 18.2 Å². The highest BCUT2D eigenvalue weighted by molar-refractivity contribution is 7.56. The molecule has 1 aromatic carbocycles. The molecule has 17 heavy (non-hydrogen) atoms. The van der Waals surface area contributed by atoms with Crippen LogP contribution in [0.3, 0.4) is 0 Å². The second-order valence-electron chi connectivity index (χ2n) is 3.53. The van der Waals surface area contributed by atoms with Crippen molar-refractivity contribution < 1.29 is 23.5 Å². The molecule has 0 fully saturated rings. The second-order valence-corrected chi connectivity index (χ2v) is 5.91. The molecular weight excluding hydrogens is 245 g/mol. The summed E-state index contributed by atoms with van der Waals surface area (Å²) in [7, 11) is -1.74. The average Bonchev–Trinajstić information content (AvgIpc) is 2.62. The van der Waals surface area contributed by atoms with Crippen molar-refractivity contribution in [3.05, 3.63) is 29.8 Å². The molecule has 0 aliphatic carbocycles. The number of amides is 1. The van der Waals surface area contributed by atoms with Gasteiger partial charge in [-0.15, -0.1) is 0 Å². The summed E-state index contributed by atoms with van der Waals surface area (Å²) >= 11 is 0. The summed E-state index contributed by atoms with van der Waals surface area (Å²) in [6, 6.07) is 6.41. The van der Waals surface area contributed by atoms with E-state index in [1.165, 1.54) is 6.07 Å². The van der Waals surface area contributed by atoms with Crippen LogP contribution in [0.1, 0.15) is 5.56 Å². The Kier molecular flexibility index (Phi) is 2.83. The smallest absolute Gasteiger partial charge is 0.366 e. The van der Waals surface area contributed by atoms with Gasteiger partial charge >= 0.3 is 7.60 Å². The maximum absolute atomic E-state index is 12.3. The number of carbonyl (C=O) groups is 1. The highest BCUT2D eigenvalue weighted by Crippen LogP contribution is 2.65. The summed E-state index contributed by atoms with van der Waals surface area (Å²) in [5.41, 5.74) is 0.589. The molecule has 0 unspecified atom stereocenters. The fraction of sp³-hybridized carbons (Fsp3) is 0.300. The standard InChI is InChI=1S/C10H12NO5P/c1-15-17(14,16-2)10(13)7-5-3-4-6-8(7)11-9(10)12/h3-6,13H,1-2H3,(H,11,12)/t10-/m0/s1. The van der Waals surface area contributed by atoms with Crippen LogP contribution in [0.2, 0.25) is 0 Å². The number of aliphatic hydroxyl groups is 1. The van der Waals surface area contributed by atoms with Crippen LogP contribution in [0.25, 0.3) is 0 Å². The van der Waals surface area contributed by atoms with E-state index >= 15 is 0 Å². The summed E-state index contributed by atoms with van der Waals surface area (Å²) in [4.78, 5) is 11.8. The number of hydrogen-bond donors (Lipinski definition) is 2. The molecule has 0 saturated heterocycles. The molecule has 1 aromatic rings. The number of fused-ring (bicyclic) bond motifs is 1. The van der Waals surface area contributed by atoms with E-state index in [-0.39, 0.29) is 5.56 Å². The van der Waals surface area contributed by atoms with Crippen molar-refractivity contribution in [3.8, 4) is 0 Å². The van der Waals surface area contributed by atoms with Crippen molar-refractivity contribution in [2.24, 2.45) is 0 Å². The number of nitrogens with one attached hydrogen (secondary N) is 1. The van der Waals surface area contributed by atoms with Crippen molar-refractivity contribution in [1.29, 1.82) is 0 Å². The van der Waals surface area contributed by atoms with E-state index in [0.717, 1.165) is 14.2 Å². The van der Waals surface area contributed by atoms with Crippen LogP contribution >= 0.6 is 7.60 Å². The zero-order valence-electron chi connectivity index (χ0n) is 9.34. The second kappa shape index (κ2) is 3.92. The molecule has 7 heteroatoms. The number of para-hydroxylation sites is 1. The van der Waals surface area contributed by atoms with E-state index < -0.39 is 18.8 Å². The van der Waals surface area contributed by atoms with Gasteiger partial charge in [0.05, 0.1) is 0 Å². The first kappa shape index (κ1) is 12.3. The molecular formula is C10H12NO5P. The topological polar surface area (TPSA) is 84.9 Å². The Morgan fingerprint density at radius 2 is 1.88 bits per heavy atom. The Labute approximate surface area is 98.1 Å². The molecule has 1 heterocycles. The third kappa shape index (κ3) is 1.46. The van der Waals surface area contributed by atoms with Gasteiger partial charge in [0.1, 0.15) is 0 Å². The Hall–Kier alpha value is -1.20. The van der Waals surface area contributed by atoms with Crippen molar-refractivity contribution in [3.63, 3.8) is 0 Å². The molecule has 1 amide bonds. The highest BCUT2D eigenvalue weighted by Gasteiger charge is 2.60. The van der Waals surface area contributed by atoms with E-state index in [2.05, 4.69) is 5.32 Å².